The minimum absolute atomic E-state index is 0.00705. The number of nitrogens with one attached hydrogen (secondary N) is 1. The third kappa shape index (κ3) is 2.91. The van der Waals surface area contributed by atoms with E-state index in [9.17, 15) is 4.79 Å². The lowest BCUT2D eigenvalue weighted by Crippen LogP contribution is -2.59. The van der Waals surface area contributed by atoms with Gasteiger partial charge < -0.3 is 14.6 Å². The van der Waals surface area contributed by atoms with Crippen LogP contribution < -0.4 is 5.32 Å². The van der Waals surface area contributed by atoms with Crippen molar-refractivity contribution in [3.05, 3.63) is 48.4 Å². The van der Waals surface area contributed by atoms with Crippen molar-refractivity contribution in [1.82, 2.24) is 24.6 Å². The maximum Gasteiger partial charge on any atom is 0.253 e. The molecule has 28 heavy (non-hydrogen) atoms. The third-order valence-electron chi connectivity index (χ3n) is 6.15. The Labute approximate surface area is 163 Å². The molecule has 0 aliphatic carbocycles. The van der Waals surface area contributed by atoms with Crippen LogP contribution in [0.4, 0.5) is 0 Å². The standard InChI is InChI=1S/C21H25N5O2/c1-24-10-17(9-22-24)26-11-19(18-5-3-4-6-20(18)26)21(27)23-14-7-15-12-28-13-16(8-14)25(15)2/h3-6,9-11,14-16H,7-8,12-13H2,1-2H3,(H,23,27)/t14-,15-,16+. The first-order chi connectivity index (χ1) is 13.6. The van der Waals surface area contributed by atoms with Gasteiger partial charge in [-0.2, -0.15) is 5.10 Å². The summed E-state index contributed by atoms with van der Waals surface area (Å²) in [4.78, 5) is 15.6. The molecule has 3 atom stereocenters. The van der Waals surface area contributed by atoms with Crippen molar-refractivity contribution in [3.8, 4) is 5.69 Å². The third-order valence-corrected chi connectivity index (χ3v) is 6.15. The van der Waals surface area contributed by atoms with Crippen molar-refractivity contribution >= 4 is 16.8 Å². The largest absolute Gasteiger partial charge is 0.378 e. The molecule has 1 N–H and O–H groups in total. The highest BCUT2D eigenvalue weighted by Crippen LogP contribution is 2.28. The fraction of sp³-hybridized carbons (Fsp3) is 0.429. The molecule has 2 aliphatic rings. The number of amides is 1. The number of carbonyl (C=O) groups is 1. The number of ether oxygens (including phenoxy) is 1. The van der Waals surface area contributed by atoms with Crippen LogP contribution in [0.25, 0.3) is 16.6 Å². The van der Waals surface area contributed by atoms with Gasteiger partial charge in [0, 0.05) is 43.0 Å². The lowest BCUT2D eigenvalue weighted by molar-refractivity contribution is -0.0670. The molecule has 4 heterocycles. The topological polar surface area (TPSA) is 64.3 Å². The van der Waals surface area contributed by atoms with Gasteiger partial charge in [0.2, 0.25) is 0 Å². The van der Waals surface area contributed by atoms with Crippen molar-refractivity contribution in [2.75, 3.05) is 20.3 Å². The van der Waals surface area contributed by atoms with Crippen molar-refractivity contribution < 1.29 is 9.53 Å². The number of piperidine rings is 1. The zero-order valence-electron chi connectivity index (χ0n) is 16.2. The fourth-order valence-electron chi connectivity index (χ4n) is 4.58. The molecule has 0 saturated carbocycles. The van der Waals surface area contributed by atoms with E-state index in [1.807, 2.05) is 54.5 Å². The van der Waals surface area contributed by atoms with Crippen LogP contribution >= 0.6 is 0 Å². The van der Waals surface area contributed by atoms with Gasteiger partial charge in [0.1, 0.15) is 0 Å². The van der Waals surface area contributed by atoms with Crippen LogP contribution in [0.15, 0.2) is 42.9 Å². The molecule has 5 rings (SSSR count). The summed E-state index contributed by atoms with van der Waals surface area (Å²) in [6, 6.07) is 8.97. The summed E-state index contributed by atoms with van der Waals surface area (Å²) < 4.78 is 9.49. The molecule has 2 aromatic heterocycles. The molecule has 2 aliphatic heterocycles. The second-order valence-corrected chi connectivity index (χ2v) is 7.95. The summed E-state index contributed by atoms with van der Waals surface area (Å²) in [5.41, 5.74) is 2.66. The van der Waals surface area contributed by atoms with Gasteiger partial charge in [-0.05, 0) is 26.0 Å². The number of hydrogen-bond acceptors (Lipinski definition) is 4. The molecule has 3 aromatic rings. The quantitative estimate of drug-likeness (QED) is 0.756. The first-order valence-electron chi connectivity index (χ1n) is 9.80. The molecular formula is C21H25N5O2. The van der Waals surface area contributed by atoms with Gasteiger partial charge >= 0.3 is 0 Å². The number of rotatable bonds is 3. The summed E-state index contributed by atoms with van der Waals surface area (Å²) in [5.74, 6) is -0.00705. The van der Waals surface area contributed by atoms with E-state index in [1.54, 1.807) is 4.68 Å². The molecule has 7 nitrogen and oxygen atoms in total. The highest BCUT2D eigenvalue weighted by atomic mass is 16.5. The zero-order chi connectivity index (χ0) is 19.3. The lowest BCUT2D eigenvalue weighted by Gasteiger charge is -2.46. The van der Waals surface area contributed by atoms with Crippen LogP contribution in [0.2, 0.25) is 0 Å². The zero-order valence-corrected chi connectivity index (χ0v) is 16.2. The van der Waals surface area contributed by atoms with Crippen LogP contribution in [-0.2, 0) is 11.8 Å². The van der Waals surface area contributed by atoms with Gasteiger partial charge in [0.25, 0.3) is 5.91 Å². The lowest BCUT2D eigenvalue weighted by atomic mass is 9.90. The van der Waals surface area contributed by atoms with E-state index in [4.69, 9.17) is 4.74 Å². The monoisotopic (exact) mass is 379 g/mol. The molecule has 0 spiro atoms. The first-order valence-corrected chi connectivity index (χ1v) is 9.80. The molecular weight excluding hydrogens is 354 g/mol. The molecule has 0 radical (unpaired) electrons. The Bertz CT molecular complexity index is 1010. The Hall–Kier alpha value is -2.64. The van der Waals surface area contributed by atoms with Crippen molar-refractivity contribution in [1.29, 1.82) is 0 Å². The predicted molar refractivity (Wildman–Crippen MR) is 107 cm³/mol. The summed E-state index contributed by atoms with van der Waals surface area (Å²) in [5, 5.41) is 8.52. The normalized spacial score (nSPS) is 25.1. The highest BCUT2D eigenvalue weighted by molar-refractivity contribution is 6.07. The SMILES string of the molecule is CN1[C@@H]2COC[C@H]1C[C@@H](NC(=O)c1cn(-c3cnn(C)c3)c3ccccc13)C2. The number of para-hydroxylation sites is 1. The van der Waals surface area contributed by atoms with E-state index in [0.29, 0.717) is 17.6 Å². The Kier molecular flexibility index (Phi) is 4.21. The summed E-state index contributed by atoms with van der Waals surface area (Å²) >= 11 is 0. The fourth-order valence-corrected chi connectivity index (χ4v) is 4.58. The maximum atomic E-state index is 13.2. The smallest absolute Gasteiger partial charge is 0.253 e. The summed E-state index contributed by atoms with van der Waals surface area (Å²) in [6.07, 6.45) is 7.55. The molecule has 7 heteroatoms. The number of nitrogens with zero attached hydrogens (tertiary/aromatic N) is 4. The van der Waals surface area contributed by atoms with Crippen LogP contribution in [0.5, 0.6) is 0 Å². The Morgan fingerprint density at radius 3 is 2.61 bits per heavy atom. The van der Waals surface area contributed by atoms with Crippen molar-refractivity contribution in [2.45, 2.75) is 31.0 Å². The van der Waals surface area contributed by atoms with E-state index in [1.165, 1.54) is 0 Å². The highest BCUT2D eigenvalue weighted by Gasteiger charge is 2.37. The van der Waals surface area contributed by atoms with E-state index in [0.717, 1.165) is 42.6 Å². The first kappa shape index (κ1) is 17.5. The van der Waals surface area contributed by atoms with Gasteiger partial charge in [-0.3, -0.25) is 14.4 Å². The second-order valence-electron chi connectivity index (χ2n) is 7.95. The van der Waals surface area contributed by atoms with Crippen LogP contribution in [-0.4, -0.2) is 63.5 Å². The maximum absolute atomic E-state index is 13.2. The van der Waals surface area contributed by atoms with Crippen LogP contribution in [0.1, 0.15) is 23.2 Å². The van der Waals surface area contributed by atoms with Gasteiger partial charge in [-0.25, -0.2) is 0 Å². The van der Waals surface area contributed by atoms with Crippen LogP contribution in [0.3, 0.4) is 0 Å². The number of carbonyl (C=O) groups excluding carboxylic acids is 1. The number of morpholine rings is 1. The molecule has 0 unspecified atom stereocenters. The number of aromatic nitrogens is 3. The van der Waals surface area contributed by atoms with Crippen molar-refractivity contribution in [3.63, 3.8) is 0 Å². The van der Waals surface area contributed by atoms with E-state index in [2.05, 4.69) is 22.4 Å². The van der Waals surface area contributed by atoms with Gasteiger partial charge in [0.15, 0.2) is 0 Å². The summed E-state index contributed by atoms with van der Waals surface area (Å²) in [6.45, 7) is 1.50. The minimum atomic E-state index is -0.00705. The number of fused-ring (bicyclic) bond motifs is 3. The van der Waals surface area contributed by atoms with E-state index in [-0.39, 0.29) is 11.9 Å². The number of likely N-dealkylation sites (N-methyl/N-ethyl adjacent to an activating group) is 1. The minimum Gasteiger partial charge on any atom is -0.378 e. The second kappa shape index (κ2) is 6.76. The molecule has 1 amide bonds. The Morgan fingerprint density at radius 1 is 1.14 bits per heavy atom. The van der Waals surface area contributed by atoms with Gasteiger partial charge in [-0.15, -0.1) is 0 Å². The predicted octanol–water partition coefficient (Wildman–Crippen LogP) is 1.96. The summed E-state index contributed by atoms with van der Waals surface area (Å²) in [7, 11) is 4.06. The van der Waals surface area contributed by atoms with Crippen LogP contribution in [0, 0.1) is 0 Å². The number of aryl methyl sites for hydroxylation is 1. The van der Waals surface area contributed by atoms with Gasteiger partial charge in [0.05, 0.1) is 36.2 Å². The molecule has 2 saturated heterocycles. The molecule has 1 aromatic carbocycles. The number of benzene rings is 1. The molecule has 146 valence electrons. The Morgan fingerprint density at radius 2 is 1.89 bits per heavy atom. The molecule has 2 fully saturated rings. The molecule has 2 bridgehead atoms. The number of hydrogen-bond donors (Lipinski definition) is 1. The average Bonchev–Trinajstić information content (AvgIpc) is 3.26. The van der Waals surface area contributed by atoms with Crippen molar-refractivity contribution in [2.24, 2.45) is 7.05 Å². The van der Waals surface area contributed by atoms with E-state index < -0.39 is 0 Å². The average molecular weight is 379 g/mol. The Balaban J connectivity index is 1.44. The van der Waals surface area contributed by atoms with E-state index >= 15 is 0 Å². The van der Waals surface area contributed by atoms with Gasteiger partial charge in [-0.1, -0.05) is 18.2 Å².